The van der Waals surface area contributed by atoms with Crippen LogP contribution in [0.15, 0.2) is 67.5 Å². The van der Waals surface area contributed by atoms with Crippen LogP contribution in [0.2, 0.25) is 0 Å². The standard InChI is InChI=1S/C16H16N2O/c1-2-7-16(15-10-6-11-17-12-15)18(19)13-14-8-4-3-5-9-14/h2-6,8-13,16H,1,7H2/b18-13-. The zero-order valence-corrected chi connectivity index (χ0v) is 10.6. The molecule has 0 aliphatic heterocycles. The van der Waals surface area contributed by atoms with Crippen molar-refractivity contribution in [3.8, 4) is 0 Å². The molecule has 19 heavy (non-hydrogen) atoms. The molecule has 0 aliphatic carbocycles. The lowest BCUT2D eigenvalue weighted by Gasteiger charge is -2.15. The molecule has 0 bridgehead atoms. The van der Waals surface area contributed by atoms with Gasteiger partial charge in [0.1, 0.15) is 0 Å². The Balaban J connectivity index is 2.29. The van der Waals surface area contributed by atoms with Gasteiger partial charge in [-0.3, -0.25) is 4.98 Å². The van der Waals surface area contributed by atoms with Gasteiger partial charge in [-0.15, -0.1) is 6.58 Å². The second kappa shape index (κ2) is 6.50. The number of hydrogen-bond donors (Lipinski definition) is 0. The Hall–Kier alpha value is -2.42. The second-order valence-electron chi connectivity index (χ2n) is 4.23. The van der Waals surface area contributed by atoms with Crippen LogP contribution in [0.1, 0.15) is 23.6 Å². The molecule has 0 saturated heterocycles. The third-order valence-electron chi connectivity index (χ3n) is 2.84. The van der Waals surface area contributed by atoms with Gasteiger partial charge < -0.3 is 5.21 Å². The summed E-state index contributed by atoms with van der Waals surface area (Å²) in [7, 11) is 0. The van der Waals surface area contributed by atoms with E-state index in [4.69, 9.17) is 0 Å². The zero-order chi connectivity index (χ0) is 13.5. The molecule has 0 amide bonds. The normalized spacial score (nSPS) is 12.9. The van der Waals surface area contributed by atoms with Crippen LogP contribution < -0.4 is 0 Å². The van der Waals surface area contributed by atoms with E-state index in [1.807, 2.05) is 42.5 Å². The molecule has 1 unspecified atom stereocenters. The monoisotopic (exact) mass is 252 g/mol. The van der Waals surface area contributed by atoms with E-state index in [-0.39, 0.29) is 6.04 Å². The van der Waals surface area contributed by atoms with Crippen molar-refractivity contribution in [1.82, 2.24) is 4.98 Å². The summed E-state index contributed by atoms with van der Waals surface area (Å²) >= 11 is 0. The summed E-state index contributed by atoms with van der Waals surface area (Å²) in [5.74, 6) is 0. The Labute approximate surface area is 113 Å². The minimum absolute atomic E-state index is 0.286. The number of pyridine rings is 1. The molecule has 1 atom stereocenters. The molecule has 0 aliphatic rings. The van der Waals surface area contributed by atoms with Crippen molar-refractivity contribution < 1.29 is 4.74 Å². The first-order valence-corrected chi connectivity index (χ1v) is 6.17. The predicted molar refractivity (Wildman–Crippen MR) is 77.0 cm³/mol. The molecular formula is C16H16N2O. The first-order chi connectivity index (χ1) is 9.31. The van der Waals surface area contributed by atoms with Crippen LogP contribution in [-0.2, 0) is 0 Å². The third-order valence-corrected chi connectivity index (χ3v) is 2.84. The predicted octanol–water partition coefficient (Wildman–Crippen LogP) is 3.33. The highest BCUT2D eigenvalue weighted by Crippen LogP contribution is 2.19. The summed E-state index contributed by atoms with van der Waals surface area (Å²) in [4.78, 5) is 4.06. The van der Waals surface area contributed by atoms with Crippen molar-refractivity contribution in [2.45, 2.75) is 12.5 Å². The van der Waals surface area contributed by atoms with Crippen molar-refractivity contribution in [2.75, 3.05) is 0 Å². The largest absolute Gasteiger partial charge is 0.623 e. The number of nitrogens with zero attached hydrogens (tertiary/aromatic N) is 2. The minimum atomic E-state index is -0.286. The van der Waals surface area contributed by atoms with Crippen molar-refractivity contribution in [1.29, 1.82) is 0 Å². The van der Waals surface area contributed by atoms with Gasteiger partial charge in [-0.2, -0.15) is 0 Å². The summed E-state index contributed by atoms with van der Waals surface area (Å²) in [6.45, 7) is 3.72. The minimum Gasteiger partial charge on any atom is -0.623 e. The van der Waals surface area contributed by atoms with Crippen molar-refractivity contribution in [3.63, 3.8) is 0 Å². The fourth-order valence-corrected chi connectivity index (χ4v) is 1.89. The van der Waals surface area contributed by atoms with Crippen LogP contribution in [0.5, 0.6) is 0 Å². The quantitative estimate of drug-likeness (QED) is 0.269. The molecule has 96 valence electrons. The molecular weight excluding hydrogens is 236 g/mol. The van der Waals surface area contributed by atoms with Crippen LogP contribution >= 0.6 is 0 Å². The Morgan fingerprint density at radius 2 is 2.00 bits per heavy atom. The summed E-state index contributed by atoms with van der Waals surface area (Å²) in [5, 5.41) is 12.3. The summed E-state index contributed by atoms with van der Waals surface area (Å²) in [6, 6.07) is 13.0. The molecule has 3 heteroatoms. The number of hydroxylamine groups is 1. The summed E-state index contributed by atoms with van der Waals surface area (Å²) in [5.41, 5.74) is 1.78. The molecule has 0 N–H and O–H groups in total. The highest BCUT2D eigenvalue weighted by molar-refractivity contribution is 5.75. The molecule has 1 aromatic heterocycles. The van der Waals surface area contributed by atoms with Crippen LogP contribution in [0, 0.1) is 5.21 Å². The Morgan fingerprint density at radius 1 is 1.21 bits per heavy atom. The van der Waals surface area contributed by atoms with E-state index in [2.05, 4.69) is 11.6 Å². The summed E-state index contributed by atoms with van der Waals surface area (Å²) < 4.78 is 0.966. The van der Waals surface area contributed by atoms with Gasteiger partial charge >= 0.3 is 0 Å². The van der Waals surface area contributed by atoms with Gasteiger partial charge in [-0.05, 0) is 24.3 Å². The Morgan fingerprint density at radius 3 is 2.63 bits per heavy atom. The smallest absolute Gasteiger partial charge is 0.193 e. The van der Waals surface area contributed by atoms with Gasteiger partial charge in [0.2, 0.25) is 0 Å². The third kappa shape index (κ3) is 3.52. The van der Waals surface area contributed by atoms with E-state index in [0.717, 1.165) is 15.9 Å². The highest BCUT2D eigenvalue weighted by Gasteiger charge is 2.17. The summed E-state index contributed by atoms with van der Waals surface area (Å²) in [6.07, 6.45) is 7.35. The van der Waals surface area contributed by atoms with Crippen molar-refractivity contribution >= 4 is 6.21 Å². The molecule has 1 heterocycles. The lowest BCUT2D eigenvalue weighted by molar-refractivity contribution is -0.502. The average Bonchev–Trinajstić information content (AvgIpc) is 2.46. The first-order valence-electron chi connectivity index (χ1n) is 6.17. The Bertz CT molecular complexity index is 549. The first kappa shape index (κ1) is 13.0. The van der Waals surface area contributed by atoms with Crippen LogP contribution in [-0.4, -0.2) is 15.9 Å². The number of hydrogen-bond acceptors (Lipinski definition) is 2. The van der Waals surface area contributed by atoms with Crippen LogP contribution in [0.4, 0.5) is 0 Å². The Kier molecular flexibility index (Phi) is 4.45. The molecule has 0 radical (unpaired) electrons. The molecule has 1 aromatic carbocycles. The van der Waals surface area contributed by atoms with Gasteiger partial charge in [0, 0.05) is 29.9 Å². The van der Waals surface area contributed by atoms with Gasteiger partial charge in [-0.1, -0.05) is 24.3 Å². The topological polar surface area (TPSA) is 39.0 Å². The SMILES string of the molecule is C=CCC(c1cccnc1)/[N+]([O-])=C/c1ccccc1. The van der Waals surface area contributed by atoms with Gasteiger partial charge in [0.15, 0.2) is 12.3 Å². The lowest BCUT2D eigenvalue weighted by Crippen LogP contribution is -2.14. The van der Waals surface area contributed by atoms with E-state index < -0.39 is 0 Å². The van der Waals surface area contributed by atoms with E-state index in [1.54, 1.807) is 24.7 Å². The maximum Gasteiger partial charge on any atom is 0.193 e. The van der Waals surface area contributed by atoms with Gasteiger partial charge in [0.25, 0.3) is 0 Å². The van der Waals surface area contributed by atoms with Crippen LogP contribution in [0.3, 0.4) is 0 Å². The molecule has 0 fully saturated rings. The fraction of sp³-hybridized carbons (Fsp3) is 0.125. The van der Waals surface area contributed by atoms with Gasteiger partial charge in [-0.25, -0.2) is 4.74 Å². The van der Waals surface area contributed by atoms with Crippen molar-refractivity contribution in [2.24, 2.45) is 0 Å². The van der Waals surface area contributed by atoms with Crippen LogP contribution in [0.25, 0.3) is 0 Å². The maximum atomic E-state index is 12.3. The molecule has 3 nitrogen and oxygen atoms in total. The zero-order valence-electron chi connectivity index (χ0n) is 10.6. The number of benzene rings is 1. The fourth-order valence-electron chi connectivity index (χ4n) is 1.89. The van der Waals surface area contributed by atoms with E-state index in [9.17, 15) is 5.21 Å². The average molecular weight is 252 g/mol. The lowest BCUT2D eigenvalue weighted by atomic mass is 10.1. The molecule has 2 rings (SSSR count). The number of aromatic nitrogens is 1. The van der Waals surface area contributed by atoms with E-state index in [1.165, 1.54) is 0 Å². The molecule has 2 aromatic rings. The molecule has 0 saturated carbocycles. The maximum absolute atomic E-state index is 12.3. The molecule has 0 spiro atoms. The van der Waals surface area contributed by atoms with Crippen molar-refractivity contribution in [3.05, 3.63) is 83.8 Å². The highest BCUT2D eigenvalue weighted by atomic mass is 16.5. The number of rotatable bonds is 5. The van der Waals surface area contributed by atoms with E-state index >= 15 is 0 Å². The van der Waals surface area contributed by atoms with Gasteiger partial charge in [0.05, 0.1) is 0 Å². The second-order valence-corrected chi connectivity index (χ2v) is 4.23. The van der Waals surface area contributed by atoms with E-state index in [0.29, 0.717) is 6.42 Å².